The van der Waals surface area contributed by atoms with E-state index in [1.807, 2.05) is 0 Å². The highest BCUT2D eigenvalue weighted by Crippen LogP contribution is 2.17. The molecule has 0 aromatic rings. The molecule has 1 N–H and O–H groups in total. The minimum Gasteiger partial charge on any atom is -0.462 e. The van der Waals surface area contributed by atoms with Crippen molar-refractivity contribution in [1.29, 1.82) is 0 Å². The summed E-state index contributed by atoms with van der Waals surface area (Å²) in [4.78, 5) is 24.4. The van der Waals surface area contributed by atoms with Gasteiger partial charge in [-0.2, -0.15) is 0 Å². The van der Waals surface area contributed by atoms with Gasteiger partial charge in [-0.25, -0.2) is 0 Å². The molecule has 0 amide bonds. The second kappa shape index (κ2) is 49.0. The highest BCUT2D eigenvalue weighted by Gasteiger charge is 2.16. The molecule has 0 aliphatic rings. The highest BCUT2D eigenvalue weighted by molar-refractivity contribution is 5.70. The van der Waals surface area contributed by atoms with E-state index in [-0.39, 0.29) is 25.2 Å². The van der Waals surface area contributed by atoms with Crippen LogP contribution in [0.4, 0.5) is 0 Å². The number of aliphatic hydroxyl groups excluding tert-OH is 1. The minimum atomic E-state index is -0.770. The van der Waals surface area contributed by atoms with E-state index in [1.165, 1.54) is 225 Å². The zero-order chi connectivity index (χ0) is 41.4. The monoisotopic (exact) mass is 805 g/mol. The fourth-order valence-electron chi connectivity index (χ4n) is 7.91. The predicted octanol–water partition coefficient (Wildman–Crippen LogP) is 16.8. The molecule has 1 atom stereocenters. The SMILES string of the molecule is CCCCCCC/C=C\CCCCCCCC(=O)OC(CO)COC(=O)CCCCCCCCCCCCCCCCCCCCCCCCCCCCCCC. The summed E-state index contributed by atoms with van der Waals surface area (Å²) in [7, 11) is 0. The summed E-state index contributed by atoms with van der Waals surface area (Å²) < 4.78 is 10.7. The van der Waals surface area contributed by atoms with E-state index >= 15 is 0 Å². The zero-order valence-electron chi connectivity index (χ0n) is 38.6. The van der Waals surface area contributed by atoms with Crippen LogP contribution in [0.5, 0.6) is 0 Å². The summed E-state index contributed by atoms with van der Waals surface area (Å²) in [5.41, 5.74) is 0. The largest absolute Gasteiger partial charge is 0.462 e. The normalized spacial score (nSPS) is 12.1. The first-order chi connectivity index (χ1) is 28.1. The van der Waals surface area contributed by atoms with Crippen LogP contribution in [0.3, 0.4) is 0 Å². The molecule has 338 valence electrons. The Kier molecular flexibility index (Phi) is 47.8. The third-order valence-corrected chi connectivity index (χ3v) is 11.8. The molecule has 0 aromatic carbocycles. The molecule has 0 aliphatic heterocycles. The maximum Gasteiger partial charge on any atom is 0.306 e. The molecular weight excluding hydrogens is 705 g/mol. The zero-order valence-corrected chi connectivity index (χ0v) is 38.6. The summed E-state index contributed by atoms with van der Waals surface area (Å²) in [6.07, 6.45) is 59.0. The van der Waals surface area contributed by atoms with Crippen LogP contribution < -0.4 is 0 Å². The van der Waals surface area contributed by atoms with Gasteiger partial charge in [0, 0.05) is 12.8 Å². The molecule has 1 unspecified atom stereocenters. The van der Waals surface area contributed by atoms with Crippen LogP contribution in [-0.2, 0) is 19.1 Å². The summed E-state index contributed by atoms with van der Waals surface area (Å²) >= 11 is 0. The van der Waals surface area contributed by atoms with Crippen LogP contribution >= 0.6 is 0 Å². The number of aliphatic hydroxyl groups is 1. The lowest BCUT2D eigenvalue weighted by atomic mass is 10.0. The van der Waals surface area contributed by atoms with E-state index in [9.17, 15) is 14.7 Å². The van der Waals surface area contributed by atoms with E-state index in [1.54, 1.807) is 0 Å². The molecule has 0 spiro atoms. The van der Waals surface area contributed by atoms with Gasteiger partial charge in [0.15, 0.2) is 6.10 Å². The van der Waals surface area contributed by atoms with Crippen molar-refractivity contribution in [3.8, 4) is 0 Å². The maximum atomic E-state index is 12.2. The topological polar surface area (TPSA) is 72.8 Å². The van der Waals surface area contributed by atoms with Gasteiger partial charge in [0.1, 0.15) is 6.61 Å². The molecule has 0 aromatic heterocycles. The Hall–Kier alpha value is -1.36. The fourth-order valence-corrected chi connectivity index (χ4v) is 7.91. The Bertz CT molecular complexity index is 825. The predicted molar refractivity (Wildman–Crippen MR) is 247 cm³/mol. The second-order valence-electron chi connectivity index (χ2n) is 17.6. The number of ether oxygens (including phenoxy) is 2. The number of unbranched alkanes of at least 4 members (excludes halogenated alkanes) is 38. The van der Waals surface area contributed by atoms with E-state index < -0.39 is 6.10 Å². The van der Waals surface area contributed by atoms with Gasteiger partial charge >= 0.3 is 11.9 Å². The van der Waals surface area contributed by atoms with Gasteiger partial charge in [-0.1, -0.05) is 251 Å². The highest BCUT2D eigenvalue weighted by atomic mass is 16.6. The maximum absolute atomic E-state index is 12.2. The van der Waals surface area contributed by atoms with E-state index in [0.29, 0.717) is 12.8 Å². The molecule has 0 aliphatic carbocycles. The van der Waals surface area contributed by atoms with Crippen LogP contribution in [0.25, 0.3) is 0 Å². The molecule has 0 fully saturated rings. The van der Waals surface area contributed by atoms with Crippen LogP contribution in [0.2, 0.25) is 0 Å². The lowest BCUT2D eigenvalue weighted by molar-refractivity contribution is -0.161. The first-order valence-electron chi connectivity index (χ1n) is 25.7. The third kappa shape index (κ3) is 47.2. The molecule has 0 heterocycles. The fraction of sp³-hybridized carbons (Fsp3) is 0.923. The van der Waals surface area contributed by atoms with Crippen LogP contribution in [0, 0.1) is 0 Å². The van der Waals surface area contributed by atoms with Gasteiger partial charge in [0.25, 0.3) is 0 Å². The van der Waals surface area contributed by atoms with Crippen molar-refractivity contribution in [3.63, 3.8) is 0 Å². The number of allylic oxidation sites excluding steroid dienone is 2. The third-order valence-electron chi connectivity index (χ3n) is 11.8. The molecule has 0 radical (unpaired) electrons. The number of hydrogen-bond acceptors (Lipinski definition) is 5. The van der Waals surface area contributed by atoms with Gasteiger partial charge in [-0.3, -0.25) is 9.59 Å². The van der Waals surface area contributed by atoms with Crippen molar-refractivity contribution in [3.05, 3.63) is 12.2 Å². The summed E-state index contributed by atoms with van der Waals surface area (Å²) in [5.74, 6) is -0.584. The Morgan fingerprint density at radius 3 is 0.947 bits per heavy atom. The Morgan fingerprint density at radius 2 is 0.649 bits per heavy atom. The standard InChI is InChI=1S/C52H100O5/c1-3-5-7-9-11-13-15-17-19-20-21-22-23-24-25-26-27-28-29-30-31-32-33-35-36-38-40-42-44-46-51(54)56-49-50(48-53)57-52(55)47-45-43-41-39-37-34-18-16-14-12-10-8-6-4-2/h16,18,50,53H,3-15,17,19-49H2,1-2H3/b18-16-. The van der Waals surface area contributed by atoms with Crippen molar-refractivity contribution < 1.29 is 24.2 Å². The van der Waals surface area contributed by atoms with E-state index in [4.69, 9.17) is 9.47 Å². The quantitative estimate of drug-likeness (QED) is 0.0377. The summed E-state index contributed by atoms with van der Waals surface area (Å²) in [6, 6.07) is 0. The number of carbonyl (C=O) groups excluding carboxylic acids is 2. The summed E-state index contributed by atoms with van der Waals surface area (Å²) in [5, 5.41) is 9.60. The number of rotatable bonds is 48. The first-order valence-corrected chi connectivity index (χ1v) is 25.7. The molecule has 5 nitrogen and oxygen atoms in total. The Balaban J connectivity index is 3.39. The van der Waals surface area contributed by atoms with Crippen molar-refractivity contribution in [2.45, 2.75) is 296 Å². The van der Waals surface area contributed by atoms with E-state index in [2.05, 4.69) is 26.0 Å². The van der Waals surface area contributed by atoms with Gasteiger partial charge in [0.2, 0.25) is 0 Å². The molecule has 0 saturated carbocycles. The molecule has 57 heavy (non-hydrogen) atoms. The molecule has 0 rings (SSSR count). The Morgan fingerprint density at radius 1 is 0.386 bits per heavy atom. The molecule has 0 saturated heterocycles. The van der Waals surface area contributed by atoms with Gasteiger partial charge in [-0.05, 0) is 38.5 Å². The van der Waals surface area contributed by atoms with Crippen LogP contribution in [-0.4, -0.2) is 36.4 Å². The lowest BCUT2D eigenvalue weighted by Gasteiger charge is -2.15. The number of hydrogen-bond donors (Lipinski definition) is 1. The lowest BCUT2D eigenvalue weighted by Crippen LogP contribution is -2.28. The average molecular weight is 805 g/mol. The molecular formula is C52H100O5. The first kappa shape index (κ1) is 55.6. The van der Waals surface area contributed by atoms with Crippen LogP contribution in [0.1, 0.15) is 290 Å². The second-order valence-corrected chi connectivity index (χ2v) is 17.6. The van der Waals surface area contributed by atoms with Gasteiger partial charge in [-0.15, -0.1) is 0 Å². The molecule has 5 heteroatoms. The number of carbonyl (C=O) groups is 2. The van der Waals surface area contributed by atoms with Gasteiger partial charge < -0.3 is 14.6 Å². The Labute approximate surface area is 356 Å². The minimum absolute atomic E-state index is 0.0626. The summed E-state index contributed by atoms with van der Waals surface area (Å²) in [6.45, 7) is 4.16. The van der Waals surface area contributed by atoms with Crippen LogP contribution in [0.15, 0.2) is 12.2 Å². The van der Waals surface area contributed by atoms with Crippen molar-refractivity contribution in [2.24, 2.45) is 0 Å². The van der Waals surface area contributed by atoms with Crippen molar-refractivity contribution in [1.82, 2.24) is 0 Å². The average Bonchev–Trinajstić information content (AvgIpc) is 3.21. The van der Waals surface area contributed by atoms with Crippen molar-refractivity contribution >= 4 is 11.9 Å². The van der Waals surface area contributed by atoms with Crippen molar-refractivity contribution in [2.75, 3.05) is 13.2 Å². The van der Waals surface area contributed by atoms with Gasteiger partial charge in [0.05, 0.1) is 6.61 Å². The van der Waals surface area contributed by atoms with E-state index in [0.717, 1.165) is 38.5 Å². The number of esters is 2. The molecule has 0 bridgehead atoms. The smallest absolute Gasteiger partial charge is 0.306 e.